The highest BCUT2D eigenvalue weighted by molar-refractivity contribution is 7.99. The van der Waals surface area contributed by atoms with Crippen LogP contribution in [0.1, 0.15) is 23.4 Å². The summed E-state index contributed by atoms with van der Waals surface area (Å²) in [5.74, 6) is 0.0898. The Hall–Kier alpha value is -1.83. The van der Waals surface area contributed by atoms with Gasteiger partial charge in [0.2, 0.25) is 5.95 Å². The van der Waals surface area contributed by atoms with E-state index in [1.165, 1.54) is 18.5 Å². The first-order valence-corrected chi connectivity index (χ1v) is 6.53. The fourth-order valence-electron chi connectivity index (χ4n) is 1.54. The summed E-state index contributed by atoms with van der Waals surface area (Å²) < 4.78 is 38.6. The molecule has 0 aliphatic carbocycles. The van der Waals surface area contributed by atoms with E-state index in [9.17, 15) is 13.2 Å². The van der Waals surface area contributed by atoms with Crippen molar-refractivity contribution in [3.05, 3.63) is 41.9 Å². The number of hydrogen-bond acceptors (Lipinski definition) is 5. The Bertz CT molecular complexity index is 603. The maximum atomic E-state index is 12.9. The molecule has 0 spiro atoms. The van der Waals surface area contributed by atoms with Crippen LogP contribution < -0.4 is 5.73 Å². The number of nitrogens with two attached hydrogens (primary N) is 1. The summed E-state index contributed by atoms with van der Waals surface area (Å²) in [5.41, 5.74) is 5.27. The number of nitrogen functional groups attached to an aromatic ring is 1. The van der Waals surface area contributed by atoms with Gasteiger partial charge in [-0.25, -0.2) is 15.0 Å². The Kier molecular flexibility index (Phi) is 4.12. The van der Waals surface area contributed by atoms with E-state index in [1.54, 1.807) is 13.0 Å². The molecule has 2 heterocycles. The number of pyridine rings is 1. The van der Waals surface area contributed by atoms with Gasteiger partial charge in [-0.3, -0.25) is 0 Å². The molecule has 2 rings (SSSR count). The summed E-state index contributed by atoms with van der Waals surface area (Å²) in [4.78, 5) is 11.5. The maximum Gasteiger partial charge on any atom is 0.419 e. The minimum Gasteiger partial charge on any atom is -0.368 e. The van der Waals surface area contributed by atoms with E-state index >= 15 is 0 Å². The fourth-order valence-corrected chi connectivity index (χ4v) is 2.56. The number of thioether (sulfide) groups is 1. The quantitative estimate of drug-likeness (QED) is 0.881. The van der Waals surface area contributed by atoms with Gasteiger partial charge in [-0.2, -0.15) is 13.2 Å². The van der Waals surface area contributed by atoms with Gasteiger partial charge in [-0.1, -0.05) is 11.8 Å². The molecular formula is C12H11F3N4S. The second-order valence-electron chi connectivity index (χ2n) is 3.95. The highest BCUT2D eigenvalue weighted by atomic mass is 32.2. The van der Waals surface area contributed by atoms with Gasteiger partial charge < -0.3 is 5.73 Å². The lowest BCUT2D eigenvalue weighted by atomic mass is 10.3. The van der Waals surface area contributed by atoms with Gasteiger partial charge in [0, 0.05) is 12.4 Å². The highest BCUT2D eigenvalue weighted by Gasteiger charge is 2.34. The van der Waals surface area contributed by atoms with Gasteiger partial charge in [-0.05, 0) is 25.1 Å². The fraction of sp³-hybridized carbons (Fsp3) is 0.250. The molecular weight excluding hydrogens is 289 g/mol. The second-order valence-corrected chi connectivity index (χ2v) is 5.28. The molecule has 1 unspecified atom stereocenters. The summed E-state index contributed by atoms with van der Waals surface area (Å²) in [6.07, 6.45) is -1.63. The van der Waals surface area contributed by atoms with Gasteiger partial charge in [0.15, 0.2) is 0 Å². The first kappa shape index (κ1) is 14.6. The van der Waals surface area contributed by atoms with Crippen molar-refractivity contribution in [2.24, 2.45) is 0 Å². The van der Waals surface area contributed by atoms with Crippen LogP contribution in [0.15, 0.2) is 35.6 Å². The topological polar surface area (TPSA) is 64.7 Å². The SMILES string of the molecule is CC(Sc1ncccc1C(F)(F)F)c1ccnc(N)n1. The number of nitrogens with zero attached hydrogens (tertiary/aromatic N) is 3. The predicted octanol–water partition coefficient (Wildman–Crippen LogP) is 3.33. The average Bonchev–Trinajstić information content (AvgIpc) is 2.38. The van der Waals surface area contributed by atoms with Crippen LogP contribution in [0.25, 0.3) is 0 Å². The second kappa shape index (κ2) is 5.66. The van der Waals surface area contributed by atoms with E-state index in [0.717, 1.165) is 17.8 Å². The minimum absolute atomic E-state index is 0.0790. The van der Waals surface area contributed by atoms with Crippen LogP contribution in [0.3, 0.4) is 0 Å². The van der Waals surface area contributed by atoms with Crippen LogP contribution >= 0.6 is 11.8 Å². The molecule has 8 heteroatoms. The standard InChI is InChI=1S/C12H11F3N4S/c1-7(9-4-6-18-11(16)19-9)20-10-8(12(13,14)15)3-2-5-17-10/h2-7H,1H3,(H2,16,18,19). The molecule has 1 atom stereocenters. The van der Waals surface area contributed by atoms with Crippen LogP contribution in [-0.4, -0.2) is 15.0 Å². The Labute approximate surface area is 117 Å². The third-order valence-electron chi connectivity index (χ3n) is 2.48. The molecule has 0 aromatic carbocycles. The van der Waals surface area contributed by atoms with E-state index in [2.05, 4.69) is 15.0 Å². The Morgan fingerprint density at radius 2 is 1.95 bits per heavy atom. The number of alkyl halides is 3. The molecule has 0 bridgehead atoms. The van der Waals surface area contributed by atoms with Crippen LogP contribution in [0.5, 0.6) is 0 Å². The molecule has 4 nitrogen and oxygen atoms in total. The molecule has 0 aliphatic rings. The summed E-state index contributed by atoms with van der Waals surface area (Å²) in [7, 11) is 0. The zero-order valence-electron chi connectivity index (χ0n) is 10.4. The van der Waals surface area contributed by atoms with E-state index in [0.29, 0.717) is 5.69 Å². The summed E-state index contributed by atoms with van der Waals surface area (Å²) >= 11 is 0.982. The van der Waals surface area contributed by atoms with E-state index in [4.69, 9.17) is 5.73 Å². The number of hydrogen-bond donors (Lipinski definition) is 1. The van der Waals surface area contributed by atoms with Crippen molar-refractivity contribution in [1.82, 2.24) is 15.0 Å². The molecule has 0 aliphatic heterocycles. The Morgan fingerprint density at radius 3 is 2.60 bits per heavy atom. The van der Waals surface area contributed by atoms with Crippen LogP contribution in [0, 0.1) is 0 Å². The molecule has 0 saturated heterocycles. The van der Waals surface area contributed by atoms with Gasteiger partial charge in [-0.15, -0.1) is 0 Å². The van der Waals surface area contributed by atoms with E-state index in [-0.39, 0.29) is 16.2 Å². The van der Waals surface area contributed by atoms with Gasteiger partial charge >= 0.3 is 6.18 Å². The van der Waals surface area contributed by atoms with E-state index in [1.807, 2.05) is 0 Å². The Balaban J connectivity index is 2.26. The largest absolute Gasteiger partial charge is 0.419 e. The maximum absolute atomic E-state index is 12.9. The molecule has 2 N–H and O–H groups in total. The van der Waals surface area contributed by atoms with Crippen molar-refractivity contribution in [2.45, 2.75) is 23.4 Å². The molecule has 106 valence electrons. The third-order valence-corrected chi connectivity index (χ3v) is 3.62. The number of anilines is 1. The van der Waals surface area contributed by atoms with Gasteiger partial charge in [0.1, 0.15) is 5.03 Å². The molecule has 2 aromatic heterocycles. The van der Waals surface area contributed by atoms with Crippen molar-refractivity contribution >= 4 is 17.7 Å². The summed E-state index contributed by atoms with van der Waals surface area (Å²) in [5, 5.41) is -0.402. The van der Waals surface area contributed by atoms with Crippen LogP contribution in [0.2, 0.25) is 0 Å². The molecule has 0 fully saturated rings. The van der Waals surface area contributed by atoms with Crippen molar-refractivity contribution in [3.63, 3.8) is 0 Å². The monoisotopic (exact) mass is 300 g/mol. The van der Waals surface area contributed by atoms with Crippen molar-refractivity contribution in [3.8, 4) is 0 Å². The average molecular weight is 300 g/mol. The lowest BCUT2D eigenvalue weighted by Gasteiger charge is -2.14. The number of rotatable bonds is 3. The van der Waals surface area contributed by atoms with Crippen molar-refractivity contribution in [1.29, 1.82) is 0 Å². The lowest BCUT2D eigenvalue weighted by Crippen LogP contribution is -2.08. The number of aromatic nitrogens is 3. The molecule has 0 amide bonds. The molecule has 20 heavy (non-hydrogen) atoms. The van der Waals surface area contributed by atoms with Crippen LogP contribution in [-0.2, 0) is 6.18 Å². The molecule has 0 radical (unpaired) electrons. The normalized spacial score (nSPS) is 13.2. The zero-order valence-corrected chi connectivity index (χ0v) is 11.2. The Morgan fingerprint density at radius 1 is 1.20 bits per heavy atom. The van der Waals surface area contributed by atoms with E-state index < -0.39 is 11.7 Å². The van der Waals surface area contributed by atoms with Crippen molar-refractivity contribution < 1.29 is 13.2 Å². The smallest absolute Gasteiger partial charge is 0.368 e. The zero-order chi connectivity index (χ0) is 14.8. The first-order chi connectivity index (χ1) is 9.38. The number of halogens is 3. The van der Waals surface area contributed by atoms with Gasteiger partial charge in [0.25, 0.3) is 0 Å². The third kappa shape index (κ3) is 3.38. The predicted molar refractivity (Wildman–Crippen MR) is 70.0 cm³/mol. The van der Waals surface area contributed by atoms with Crippen LogP contribution in [0.4, 0.5) is 19.1 Å². The minimum atomic E-state index is -4.43. The van der Waals surface area contributed by atoms with Crippen molar-refractivity contribution in [2.75, 3.05) is 5.73 Å². The lowest BCUT2D eigenvalue weighted by molar-refractivity contribution is -0.140. The molecule has 0 saturated carbocycles. The van der Waals surface area contributed by atoms with Gasteiger partial charge in [0.05, 0.1) is 16.5 Å². The first-order valence-electron chi connectivity index (χ1n) is 5.65. The molecule has 2 aromatic rings. The highest BCUT2D eigenvalue weighted by Crippen LogP contribution is 2.40. The summed E-state index contributed by atoms with van der Waals surface area (Å²) in [6.45, 7) is 1.74. The summed E-state index contributed by atoms with van der Waals surface area (Å²) in [6, 6.07) is 3.89.